The summed E-state index contributed by atoms with van der Waals surface area (Å²) >= 11 is 7.61. The summed E-state index contributed by atoms with van der Waals surface area (Å²) < 4.78 is 11.7. The molecule has 4 nitrogen and oxygen atoms in total. The van der Waals surface area contributed by atoms with E-state index >= 15 is 0 Å². The third-order valence-corrected chi connectivity index (χ3v) is 7.09. The molecule has 32 heavy (non-hydrogen) atoms. The molecule has 6 heteroatoms. The molecular weight excluding hydrogens is 436 g/mol. The second kappa shape index (κ2) is 14.5. The Morgan fingerprint density at radius 3 is 2.12 bits per heavy atom. The van der Waals surface area contributed by atoms with Crippen LogP contribution in [0.2, 0.25) is 0 Å². The monoisotopic (exact) mass is 474 g/mol. The predicted octanol–water partition coefficient (Wildman–Crippen LogP) is 5.81. The predicted molar refractivity (Wildman–Crippen MR) is 142 cm³/mol. The normalized spacial score (nSPS) is 12.1. The van der Waals surface area contributed by atoms with Crippen LogP contribution in [-0.4, -0.2) is 61.6 Å². The molecule has 0 aliphatic heterocycles. The average Bonchev–Trinajstić information content (AvgIpc) is 2.79. The molecule has 0 amide bonds. The van der Waals surface area contributed by atoms with E-state index in [4.69, 9.17) is 21.7 Å². The molecule has 0 aliphatic rings. The highest BCUT2D eigenvalue weighted by molar-refractivity contribution is 8.23. The molecular formula is C26H38N2O2S2. The fraction of sp³-hybridized carbons (Fsp3) is 0.500. The molecule has 0 saturated carbocycles. The zero-order chi connectivity index (χ0) is 23.3. The lowest BCUT2D eigenvalue weighted by molar-refractivity contribution is 0.146. The van der Waals surface area contributed by atoms with Gasteiger partial charge < -0.3 is 19.3 Å². The van der Waals surface area contributed by atoms with E-state index in [9.17, 15) is 0 Å². The van der Waals surface area contributed by atoms with Crippen LogP contribution in [0.4, 0.5) is 0 Å². The van der Waals surface area contributed by atoms with Gasteiger partial charge in [0.05, 0.1) is 6.61 Å². The molecule has 176 valence electrons. The minimum Gasteiger partial charge on any atom is -0.491 e. The summed E-state index contributed by atoms with van der Waals surface area (Å²) in [6.07, 6.45) is 2.03. The van der Waals surface area contributed by atoms with Gasteiger partial charge >= 0.3 is 0 Å². The highest BCUT2D eigenvalue weighted by Crippen LogP contribution is 2.35. The maximum atomic E-state index is 5.79. The Morgan fingerprint density at radius 2 is 1.56 bits per heavy atom. The molecule has 0 aliphatic carbocycles. The van der Waals surface area contributed by atoms with E-state index in [1.807, 2.05) is 23.9 Å². The summed E-state index contributed by atoms with van der Waals surface area (Å²) in [5, 5.41) is 0.328. The molecule has 0 radical (unpaired) electrons. The van der Waals surface area contributed by atoms with Crippen LogP contribution >= 0.6 is 24.0 Å². The first-order valence-electron chi connectivity index (χ1n) is 11.4. The topological polar surface area (TPSA) is 24.9 Å². The number of methoxy groups -OCH3 is 1. The molecule has 0 fully saturated rings. The van der Waals surface area contributed by atoms with Crippen LogP contribution < -0.4 is 4.74 Å². The van der Waals surface area contributed by atoms with Crippen LogP contribution in [0.15, 0.2) is 48.5 Å². The van der Waals surface area contributed by atoms with Gasteiger partial charge in [-0.15, -0.1) is 0 Å². The molecule has 2 aromatic rings. The van der Waals surface area contributed by atoms with Gasteiger partial charge in [-0.3, -0.25) is 0 Å². The van der Waals surface area contributed by atoms with E-state index in [1.54, 1.807) is 7.11 Å². The minimum absolute atomic E-state index is 0.328. The van der Waals surface area contributed by atoms with Crippen molar-refractivity contribution in [1.82, 2.24) is 9.80 Å². The zero-order valence-corrected chi connectivity index (χ0v) is 21.8. The molecule has 2 aromatic carbocycles. The van der Waals surface area contributed by atoms with Crippen molar-refractivity contribution in [3.05, 3.63) is 65.2 Å². The highest BCUT2D eigenvalue weighted by Gasteiger charge is 2.18. The van der Waals surface area contributed by atoms with Crippen molar-refractivity contribution < 1.29 is 9.47 Å². The van der Waals surface area contributed by atoms with Crippen molar-refractivity contribution in [2.45, 2.75) is 38.5 Å². The fourth-order valence-corrected chi connectivity index (χ4v) is 5.25. The van der Waals surface area contributed by atoms with Gasteiger partial charge in [0, 0.05) is 32.0 Å². The quantitative estimate of drug-likeness (QED) is 0.268. The molecule has 0 saturated heterocycles. The van der Waals surface area contributed by atoms with Crippen LogP contribution in [-0.2, 0) is 17.7 Å². The number of nitrogens with zero attached hydrogens (tertiary/aromatic N) is 2. The number of rotatable bonds is 13. The molecule has 1 atom stereocenters. The molecule has 0 bridgehead atoms. The van der Waals surface area contributed by atoms with E-state index < -0.39 is 0 Å². The summed E-state index contributed by atoms with van der Waals surface area (Å²) in [7, 11) is 5.88. The molecule has 0 N–H and O–H groups in total. The van der Waals surface area contributed by atoms with Gasteiger partial charge in [-0.25, -0.2) is 0 Å². The van der Waals surface area contributed by atoms with Crippen molar-refractivity contribution in [3.63, 3.8) is 0 Å². The molecule has 1 unspecified atom stereocenters. The third-order valence-electron chi connectivity index (χ3n) is 5.29. The van der Waals surface area contributed by atoms with Crippen molar-refractivity contribution in [1.29, 1.82) is 0 Å². The summed E-state index contributed by atoms with van der Waals surface area (Å²) in [5.74, 6) is 0.885. The maximum Gasteiger partial charge on any atom is 0.136 e. The first-order valence-corrected chi connectivity index (χ1v) is 12.6. The maximum absolute atomic E-state index is 5.79. The van der Waals surface area contributed by atoms with Crippen LogP contribution in [0.3, 0.4) is 0 Å². The number of benzene rings is 2. The smallest absolute Gasteiger partial charge is 0.136 e. The number of aryl methyl sites for hydroxylation is 1. The van der Waals surface area contributed by atoms with Crippen LogP contribution in [0.25, 0.3) is 0 Å². The van der Waals surface area contributed by atoms with Crippen molar-refractivity contribution in [2.75, 3.05) is 47.5 Å². The summed E-state index contributed by atoms with van der Waals surface area (Å²) in [4.78, 5) is 4.46. The Balaban J connectivity index is 2.07. The van der Waals surface area contributed by atoms with Gasteiger partial charge in [0.1, 0.15) is 16.7 Å². The number of hydrogen-bond acceptors (Lipinski definition) is 5. The Labute approximate surface area is 204 Å². The first kappa shape index (κ1) is 26.7. The first-order chi connectivity index (χ1) is 15.5. The Morgan fingerprint density at radius 1 is 0.938 bits per heavy atom. The van der Waals surface area contributed by atoms with E-state index in [-0.39, 0.29) is 0 Å². The number of ether oxygens (including phenoxy) is 2. The van der Waals surface area contributed by atoms with Crippen molar-refractivity contribution in [3.8, 4) is 5.75 Å². The highest BCUT2D eigenvalue weighted by atomic mass is 32.2. The van der Waals surface area contributed by atoms with Crippen LogP contribution in [0, 0.1) is 0 Å². The molecule has 0 heterocycles. The summed E-state index contributed by atoms with van der Waals surface area (Å²) in [5.41, 5.74) is 3.98. The minimum atomic E-state index is 0.328. The SMILES string of the molecule is CCN(CC)C(=S)SC(CCc1ccc(OCCOC)cc1)c1ccc(CN(C)C)cc1. The average molecular weight is 475 g/mol. The van der Waals surface area contributed by atoms with Crippen LogP contribution in [0.1, 0.15) is 42.2 Å². The van der Waals surface area contributed by atoms with Crippen LogP contribution in [0.5, 0.6) is 5.75 Å². The lowest BCUT2D eigenvalue weighted by atomic mass is 10.0. The lowest BCUT2D eigenvalue weighted by Crippen LogP contribution is -2.27. The lowest BCUT2D eigenvalue weighted by Gasteiger charge is -2.25. The fourth-order valence-electron chi connectivity index (χ4n) is 3.47. The van der Waals surface area contributed by atoms with E-state index in [0.29, 0.717) is 18.5 Å². The van der Waals surface area contributed by atoms with Gasteiger partial charge in [0.15, 0.2) is 0 Å². The molecule has 2 rings (SSSR count). The third kappa shape index (κ3) is 9.10. The van der Waals surface area contributed by atoms with Gasteiger partial charge in [-0.1, -0.05) is 60.4 Å². The number of thiocarbonyl (C=S) groups is 1. The van der Waals surface area contributed by atoms with Gasteiger partial charge in [-0.2, -0.15) is 0 Å². The Kier molecular flexibility index (Phi) is 12.1. The standard InChI is InChI=1S/C26H38N2O2S2/c1-6-28(7-2)26(31)32-25(23-13-8-22(9-14-23)20-27(3)4)17-12-21-10-15-24(16-11-21)30-19-18-29-5/h8-11,13-16,25H,6-7,12,17-20H2,1-5H3. The largest absolute Gasteiger partial charge is 0.491 e. The summed E-state index contributed by atoms with van der Waals surface area (Å²) in [6, 6.07) is 17.4. The second-order valence-corrected chi connectivity index (χ2v) is 9.88. The number of thioether (sulfide) groups is 1. The zero-order valence-electron chi connectivity index (χ0n) is 20.2. The second-order valence-electron chi connectivity index (χ2n) is 8.05. The summed E-state index contributed by atoms with van der Waals surface area (Å²) in [6.45, 7) is 8.34. The van der Waals surface area contributed by atoms with E-state index in [2.05, 4.69) is 74.1 Å². The van der Waals surface area contributed by atoms with E-state index in [1.165, 1.54) is 16.7 Å². The van der Waals surface area contributed by atoms with Gasteiger partial charge in [0.2, 0.25) is 0 Å². The number of hydrogen-bond donors (Lipinski definition) is 0. The van der Waals surface area contributed by atoms with Gasteiger partial charge in [-0.05, 0) is 69.6 Å². The van der Waals surface area contributed by atoms with Crippen molar-refractivity contribution in [2.24, 2.45) is 0 Å². The Hall–Kier alpha value is -1.60. The van der Waals surface area contributed by atoms with Crippen molar-refractivity contribution >= 4 is 28.3 Å². The molecule has 0 spiro atoms. The molecule has 0 aromatic heterocycles. The Bertz CT molecular complexity index is 790. The van der Waals surface area contributed by atoms with Gasteiger partial charge in [0.25, 0.3) is 0 Å². The van der Waals surface area contributed by atoms with E-state index in [0.717, 1.165) is 42.5 Å².